The molecule has 2 aromatic carbocycles. The lowest BCUT2D eigenvalue weighted by Gasteiger charge is -2.29. The van der Waals surface area contributed by atoms with Crippen molar-refractivity contribution in [1.82, 2.24) is 0 Å². The maximum atomic E-state index is 12.5. The van der Waals surface area contributed by atoms with Crippen molar-refractivity contribution >= 4 is 44.7 Å². The van der Waals surface area contributed by atoms with Gasteiger partial charge in [0, 0.05) is 12.1 Å². The van der Waals surface area contributed by atoms with Crippen LogP contribution in [0, 0.1) is 0 Å². The maximum absolute atomic E-state index is 12.5. The average molecular weight is 392 g/mol. The fraction of sp³-hybridized carbons (Fsp3) is 0.222. The monoisotopic (exact) mass is 391 g/mol. The normalized spacial score (nSPS) is 15.2. The molecule has 0 radical (unpaired) electrons. The van der Waals surface area contributed by atoms with Crippen LogP contribution in [0.4, 0.5) is 11.4 Å². The van der Waals surface area contributed by atoms with Gasteiger partial charge in [0.05, 0.1) is 16.4 Å². The minimum absolute atomic E-state index is 0.0309. The number of sulfonamides is 1. The van der Waals surface area contributed by atoms with Crippen LogP contribution in [0.1, 0.15) is 30.6 Å². The van der Waals surface area contributed by atoms with Gasteiger partial charge in [-0.1, -0.05) is 30.7 Å². The topological polar surface area (TPSA) is 78.8 Å². The number of anilines is 2. The van der Waals surface area contributed by atoms with Crippen molar-refractivity contribution in [1.29, 1.82) is 0 Å². The quantitative estimate of drug-likeness (QED) is 0.856. The third-order valence-corrected chi connectivity index (χ3v) is 5.72. The van der Waals surface area contributed by atoms with Gasteiger partial charge in [-0.2, -0.15) is 8.42 Å². The zero-order chi connectivity index (χ0) is 18.9. The Labute approximate surface area is 157 Å². The fourth-order valence-corrected chi connectivity index (χ4v) is 4.24. The van der Waals surface area contributed by atoms with E-state index in [4.69, 9.17) is 11.6 Å². The highest BCUT2D eigenvalue weighted by atomic mass is 35.5. The fourth-order valence-electron chi connectivity index (χ4n) is 2.79. The van der Waals surface area contributed by atoms with E-state index in [-0.39, 0.29) is 10.5 Å². The van der Waals surface area contributed by atoms with E-state index in [1.165, 1.54) is 6.07 Å². The highest BCUT2D eigenvalue weighted by molar-refractivity contribution is 7.90. The van der Waals surface area contributed by atoms with Gasteiger partial charge in [-0.3, -0.25) is 4.79 Å². The van der Waals surface area contributed by atoms with Crippen LogP contribution in [-0.4, -0.2) is 26.7 Å². The maximum Gasteiger partial charge on any atom is 0.286 e. The van der Waals surface area contributed by atoms with Crippen LogP contribution in [0.3, 0.4) is 0 Å². The molecule has 8 heteroatoms. The van der Waals surface area contributed by atoms with Crippen molar-refractivity contribution < 1.29 is 13.2 Å². The Hall–Kier alpha value is -2.38. The van der Waals surface area contributed by atoms with E-state index in [9.17, 15) is 13.2 Å². The molecule has 1 aliphatic rings. The molecule has 26 heavy (non-hydrogen) atoms. The molecule has 0 fully saturated rings. The number of amidine groups is 1. The predicted molar refractivity (Wildman–Crippen MR) is 104 cm³/mol. The van der Waals surface area contributed by atoms with E-state index >= 15 is 0 Å². The van der Waals surface area contributed by atoms with Crippen LogP contribution < -0.4 is 10.2 Å². The number of benzene rings is 2. The molecule has 136 valence electrons. The molecular weight excluding hydrogens is 374 g/mol. The summed E-state index contributed by atoms with van der Waals surface area (Å²) in [6.45, 7) is 4.30. The van der Waals surface area contributed by atoms with Gasteiger partial charge in [0.15, 0.2) is 0 Å². The van der Waals surface area contributed by atoms with Gasteiger partial charge in [-0.15, -0.1) is 4.40 Å². The Morgan fingerprint density at radius 2 is 1.96 bits per heavy atom. The molecule has 0 saturated heterocycles. The molecule has 3 rings (SSSR count). The zero-order valence-electron chi connectivity index (χ0n) is 14.4. The summed E-state index contributed by atoms with van der Waals surface area (Å²) in [6.07, 6.45) is 0.834. The van der Waals surface area contributed by atoms with E-state index in [0.717, 1.165) is 6.42 Å². The van der Waals surface area contributed by atoms with E-state index in [2.05, 4.69) is 9.71 Å². The molecule has 1 N–H and O–H groups in total. The van der Waals surface area contributed by atoms with Crippen LogP contribution in [0.15, 0.2) is 51.8 Å². The summed E-state index contributed by atoms with van der Waals surface area (Å²) in [6, 6.07) is 11.4. The molecule has 1 amide bonds. The lowest BCUT2D eigenvalue weighted by molar-refractivity contribution is 0.102. The van der Waals surface area contributed by atoms with Gasteiger partial charge < -0.3 is 10.2 Å². The van der Waals surface area contributed by atoms with Crippen molar-refractivity contribution in [2.75, 3.05) is 16.8 Å². The summed E-state index contributed by atoms with van der Waals surface area (Å²) >= 11 is 6.05. The van der Waals surface area contributed by atoms with Gasteiger partial charge in [0.2, 0.25) is 0 Å². The molecular formula is C18H18ClN3O3S. The number of nitrogens with zero attached hydrogens (tertiary/aromatic N) is 2. The summed E-state index contributed by atoms with van der Waals surface area (Å²) in [7, 11) is -3.84. The second kappa shape index (κ2) is 7.09. The van der Waals surface area contributed by atoms with Crippen molar-refractivity contribution in [3.05, 3.63) is 53.1 Å². The van der Waals surface area contributed by atoms with Gasteiger partial charge in [-0.25, -0.2) is 0 Å². The van der Waals surface area contributed by atoms with Gasteiger partial charge in [0.1, 0.15) is 10.7 Å². The first-order chi connectivity index (χ1) is 12.3. The number of rotatable bonds is 4. The zero-order valence-corrected chi connectivity index (χ0v) is 15.9. The molecule has 6 nitrogen and oxygen atoms in total. The molecule has 2 aromatic rings. The van der Waals surface area contributed by atoms with E-state index in [1.807, 2.05) is 11.8 Å². The Morgan fingerprint density at radius 3 is 2.65 bits per heavy atom. The number of hydrogen-bond acceptors (Lipinski definition) is 4. The first-order valence-corrected chi connectivity index (χ1v) is 9.94. The SMILES string of the molecule is CCCN1C(C)=NS(=O)(=O)c2cc(C(=O)Nc3ccccc3Cl)ccc21. The standard InChI is InChI=1S/C18H18ClN3O3S/c1-3-10-22-12(2)21-26(24,25)17-11-13(8-9-16(17)22)18(23)20-15-7-5-4-6-14(15)19/h4-9,11H,3,10H2,1-2H3,(H,20,23). The number of nitrogens with one attached hydrogen (secondary N) is 1. The van der Waals surface area contributed by atoms with Crippen LogP contribution in [-0.2, 0) is 10.0 Å². The largest absolute Gasteiger partial charge is 0.328 e. The second-order valence-corrected chi connectivity index (χ2v) is 7.86. The molecule has 1 heterocycles. The Bertz CT molecular complexity index is 1000. The molecule has 1 aliphatic heterocycles. The average Bonchev–Trinajstić information content (AvgIpc) is 2.60. The van der Waals surface area contributed by atoms with E-state index in [0.29, 0.717) is 28.8 Å². The lowest BCUT2D eigenvalue weighted by Crippen LogP contribution is -2.34. The van der Waals surface area contributed by atoms with E-state index < -0.39 is 15.9 Å². The second-order valence-electron chi connectivity index (χ2n) is 5.88. The molecule has 0 atom stereocenters. The summed E-state index contributed by atoms with van der Waals surface area (Å²) in [5.74, 6) is -0.0166. The van der Waals surface area contributed by atoms with Crippen molar-refractivity contribution in [3.8, 4) is 0 Å². The smallest absolute Gasteiger partial charge is 0.286 e. The molecule has 0 saturated carbocycles. The predicted octanol–water partition coefficient (Wildman–Crippen LogP) is 3.93. The van der Waals surface area contributed by atoms with Gasteiger partial charge in [-0.05, 0) is 43.7 Å². The highest BCUT2D eigenvalue weighted by Crippen LogP contribution is 2.33. The number of hydrogen-bond donors (Lipinski definition) is 1. The van der Waals surface area contributed by atoms with Crippen molar-refractivity contribution in [2.24, 2.45) is 4.40 Å². The number of carbonyl (C=O) groups excluding carboxylic acids is 1. The minimum atomic E-state index is -3.84. The molecule has 0 aromatic heterocycles. The summed E-state index contributed by atoms with van der Waals surface area (Å²) in [4.78, 5) is 14.4. The lowest BCUT2D eigenvalue weighted by atomic mass is 10.1. The third kappa shape index (κ3) is 3.45. The van der Waals surface area contributed by atoms with Gasteiger partial charge >= 0.3 is 0 Å². The number of carbonyl (C=O) groups is 1. The Kier molecular flexibility index (Phi) is 5.02. The summed E-state index contributed by atoms with van der Waals surface area (Å²) < 4.78 is 28.7. The van der Waals surface area contributed by atoms with Gasteiger partial charge in [0.25, 0.3) is 15.9 Å². The summed E-state index contributed by atoms with van der Waals surface area (Å²) in [5, 5.41) is 3.09. The van der Waals surface area contributed by atoms with Crippen molar-refractivity contribution in [2.45, 2.75) is 25.2 Å². The number of fused-ring (bicyclic) bond motifs is 1. The van der Waals surface area contributed by atoms with Crippen LogP contribution in [0.5, 0.6) is 0 Å². The minimum Gasteiger partial charge on any atom is -0.328 e. The van der Waals surface area contributed by atoms with Crippen LogP contribution in [0.25, 0.3) is 0 Å². The molecule has 0 aliphatic carbocycles. The van der Waals surface area contributed by atoms with E-state index in [1.54, 1.807) is 43.3 Å². The van der Waals surface area contributed by atoms with Crippen LogP contribution >= 0.6 is 11.6 Å². The first-order valence-electron chi connectivity index (χ1n) is 8.12. The van der Waals surface area contributed by atoms with Crippen molar-refractivity contribution in [3.63, 3.8) is 0 Å². The molecule has 0 unspecified atom stereocenters. The molecule has 0 spiro atoms. The first kappa shape index (κ1) is 18.4. The molecule has 0 bridgehead atoms. The van der Waals surface area contributed by atoms with Crippen LogP contribution in [0.2, 0.25) is 5.02 Å². The number of amides is 1. The highest BCUT2D eigenvalue weighted by Gasteiger charge is 2.29. The number of para-hydroxylation sites is 1. The Morgan fingerprint density at radius 1 is 1.23 bits per heavy atom. The Balaban J connectivity index is 1.99. The third-order valence-electron chi connectivity index (χ3n) is 4.00. The summed E-state index contributed by atoms with van der Waals surface area (Å²) in [5.41, 5.74) is 1.22. The number of halogens is 1.